The quantitative estimate of drug-likeness (QED) is 0.820. The molecule has 0 aliphatic heterocycles. The molecule has 2 heterocycles. The van der Waals surface area contributed by atoms with Gasteiger partial charge in [-0.15, -0.1) is 0 Å². The maximum atomic E-state index is 4.35. The number of hydrogen-bond donors (Lipinski definition) is 1. The van der Waals surface area contributed by atoms with Crippen molar-refractivity contribution < 1.29 is 0 Å². The van der Waals surface area contributed by atoms with Crippen LogP contribution in [-0.2, 0) is 19.5 Å². The van der Waals surface area contributed by atoms with Crippen molar-refractivity contribution in [1.82, 2.24) is 19.9 Å². The molecule has 0 saturated heterocycles. The lowest BCUT2D eigenvalue weighted by atomic mass is 10.2. The normalized spacial score (nSPS) is 10.6. The fourth-order valence-corrected chi connectivity index (χ4v) is 1.75. The van der Waals surface area contributed by atoms with Gasteiger partial charge in [-0.25, -0.2) is 4.98 Å². The summed E-state index contributed by atoms with van der Waals surface area (Å²) in [7, 11) is 0. The third-order valence-electron chi connectivity index (χ3n) is 2.73. The molecule has 0 bridgehead atoms. The first kappa shape index (κ1) is 11.8. The predicted octanol–water partition coefficient (Wildman–Crippen LogP) is 1.63. The molecule has 2 rings (SSSR count). The van der Waals surface area contributed by atoms with Crippen molar-refractivity contribution in [3.05, 3.63) is 48.3 Å². The van der Waals surface area contributed by atoms with Crippen LogP contribution in [0.5, 0.6) is 0 Å². The Kier molecular flexibility index (Phi) is 4.27. The molecule has 0 radical (unpaired) electrons. The maximum absolute atomic E-state index is 4.35. The van der Waals surface area contributed by atoms with Crippen LogP contribution < -0.4 is 5.32 Å². The Morgan fingerprint density at radius 2 is 2.06 bits per heavy atom. The summed E-state index contributed by atoms with van der Waals surface area (Å²) in [5, 5.41) is 3.30. The van der Waals surface area contributed by atoms with Gasteiger partial charge in [-0.3, -0.25) is 4.98 Å². The van der Waals surface area contributed by atoms with Crippen LogP contribution in [0, 0.1) is 0 Å². The molecule has 1 N–H and O–H groups in total. The minimum Gasteiger partial charge on any atom is -0.334 e. The molecular formula is C13H18N4. The fourth-order valence-electron chi connectivity index (χ4n) is 1.75. The van der Waals surface area contributed by atoms with E-state index >= 15 is 0 Å². The number of aromatic nitrogens is 3. The van der Waals surface area contributed by atoms with Gasteiger partial charge >= 0.3 is 0 Å². The molecule has 0 unspecified atom stereocenters. The highest BCUT2D eigenvalue weighted by Crippen LogP contribution is 2.03. The fraction of sp³-hybridized carbons (Fsp3) is 0.385. The molecule has 0 fully saturated rings. The molecule has 0 saturated carbocycles. The van der Waals surface area contributed by atoms with Crippen LogP contribution in [-0.4, -0.2) is 21.1 Å². The summed E-state index contributed by atoms with van der Waals surface area (Å²) in [6.07, 6.45) is 8.58. The molecule has 0 aliphatic rings. The third kappa shape index (κ3) is 3.39. The summed E-state index contributed by atoms with van der Waals surface area (Å²) in [5.74, 6) is 1.10. The highest BCUT2D eigenvalue weighted by molar-refractivity contribution is 5.09. The van der Waals surface area contributed by atoms with Crippen molar-refractivity contribution in [3.63, 3.8) is 0 Å². The van der Waals surface area contributed by atoms with Gasteiger partial charge in [-0.2, -0.15) is 0 Å². The van der Waals surface area contributed by atoms with Crippen LogP contribution in [0.4, 0.5) is 0 Å². The van der Waals surface area contributed by atoms with Crippen LogP contribution in [0.15, 0.2) is 36.9 Å². The van der Waals surface area contributed by atoms with E-state index in [1.165, 1.54) is 5.56 Å². The van der Waals surface area contributed by atoms with Crippen LogP contribution in [0.3, 0.4) is 0 Å². The van der Waals surface area contributed by atoms with Gasteiger partial charge in [0, 0.05) is 31.3 Å². The topological polar surface area (TPSA) is 42.7 Å². The monoisotopic (exact) mass is 230 g/mol. The molecule has 2 aromatic rings. The number of nitrogens with one attached hydrogen (secondary N) is 1. The molecule has 17 heavy (non-hydrogen) atoms. The van der Waals surface area contributed by atoms with Crippen molar-refractivity contribution in [1.29, 1.82) is 0 Å². The molecule has 90 valence electrons. The van der Waals surface area contributed by atoms with E-state index in [-0.39, 0.29) is 0 Å². The minimum atomic E-state index is 0.833. The number of aryl methyl sites for hydroxylation is 2. The van der Waals surface area contributed by atoms with Gasteiger partial charge < -0.3 is 9.88 Å². The molecule has 0 amide bonds. The Bertz CT molecular complexity index is 436. The maximum Gasteiger partial charge on any atom is 0.122 e. The zero-order valence-electron chi connectivity index (χ0n) is 10.1. The molecule has 4 heteroatoms. The first-order valence-corrected chi connectivity index (χ1v) is 5.99. The average Bonchev–Trinajstić information content (AvgIpc) is 2.82. The van der Waals surface area contributed by atoms with Crippen LogP contribution in [0.1, 0.15) is 18.3 Å². The number of hydrogen-bond acceptors (Lipinski definition) is 3. The van der Waals surface area contributed by atoms with Crippen molar-refractivity contribution in [2.45, 2.75) is 26.4 Å². The number of imidazole rings is 1. The van der Waals surface area contributed by atoms with Gasteiger partial charge in [0.15, 0.2) is 0 Å². The number of pyridine rings is 1. The smallest absolute Gasteiger partial charge is 0.122 e. The second-order valence-electron chi connectivity index (χ2n) is 3.92. The summed E-state index contributed by atoms with van der Waals surface area (Å²) in [6.45, 7) is 4.87. The SMILES string of the molecule is CCNCc1nccn1CCc1ccncc1. The van der Waals surface area contributed by atoms with Gasteiger partial charge in [0.1, 0.15) is 5.82 Å². The minimum absolute atomic E-state index is 0.833. The lowest BCUT2D eigenvalue weighted by Crippen LogP contribution is -2.16. The van der Waals surface area contributed by atoms with Crippen LogP contribution >= 0.6 is 0 Å². The van der Waals surface area contributed by atoms with Gasteiger partial charge in [-0.1, -0.05) is 6.92 Å². The Hall–Kier alpha value is -1.68. The van der Waals surface area contributed by atoms with E-state index in [4.69, 9.17) is 0 Å². The Labute approximate surface area is 102 Å². The van der Waals surface area contributed by atoms with Crippen molar-refractivity contribution in [3.8, 4) is 0 Å². The third-order valence-corrected chi connectivity index (χ3v) is 2.73. The van der Waals surface area contributed by atoms with E-state index in [0.717, 1.165) is 31.9 Å². The van der Waals surface area contributed by atoms with E-state index in [1.54, 1.807) is 0 Å². The molecule has 0 spiro atoms. The van der Waals surface area contributed by atoms with E-state index in [9.17, 15) is 0 Å². The standard InChI is InChI=1S/C13H18N4/c1-2-14-11-13-16-8-10-17(13)9-5-12-3-6-15-7-4-12/h3-4,6-8,10,14H,2,5,9,11H2,1H3. The zero-order valence-corrected chi connectivity index (χ0v) is 10.1. The van der Waals surface area contributed by atoms with E-state index in [1.807, 2.05) is 24.8 Å². The van der Waals surface area contributed by atoms with Gasteiger partial charge in [0.2, 0.25) is 0 Å². The summed E-state index contributed by atoms with van der Waals surface area (Å²) < 4.78 is 2.20. The Balaban J connectivity index is 1.92. The van der Waals surface area contributed by atoms with Crippen LogP contribution in [0.2, 0.25) is 0 Å². The number of rotatable bonds is 6. The molecule has 0 aromatic carbocycles. The summed E-state index contributed by atoms with van der Waals surface area (Å²) >= 11 is 0. The average molecular weight is 230 g/mol. The number of nitrogens with zero attached hydrogens (tertiary/aromatic N) is 3. The summed E-state index contributed by atoms with van der Waals surface area (Å²) in [6, 6.07) is 4.11. The molecular weight excluding hydrogens is 212 g/mol. The second kappa shape index (κ2) is 6.15. The largest absolute Gasteiger partial charge is 0.334 e. The molecule has 4 nitrogen and oxygen atoms in total. The van der Waals surface area contributed by atoms with Crippen LogP contribution in [0.25, 0.3) is 0 Å². The van der Waals surface area contributed by atoms with Crippen molar-refractivity contribution >= 4 is 0 Å². The molecule has 2 aromatic heterocycles. The molecule has 0 aliphatic carbocycles. The Morgan fingerprint density at radius 3 is 2.82 bits per heavy atom. The summed E-state index contributed by atoms with van der Waals surface area (Å²) in [4.78, 5) is 8.37. The van der Waals surface area contributed by atoms with Gasteiger partial charge in [0.25, 0.3) is 0 Å². The van der Waals surface area contributed by atoms with Crippen molar-refractivity contribution in [2.24, 2.45) is 0 Å². The highest BCUT2D eigenvalue weighted by atomic mass is 15.1. The first-order chi connectivity index (χ1) is 8.40. The van der Waals surface area contributed by atoms with Gasteiger partial charge in [-0.05, 0) is 30.7 Å². The van der Waals surface area contributed by atoms with Gasteiger partial charge in [0.05, 0.1) is 6.54 Å². The lowest BCUT2D eigenvalue weighted by Gasteiger charge is -2.08. The van der Waals surface area contributed by atoms with E-state index in [0.29, 0.717) is 0 Å². The lowest BCUT2D eigenvalue weighted by molar-refractivity contribution is 0.606. The van der Waals surface area contributed by atoms with Crippen molar-refractivity contribution in [2.75, 3.05) is 6.54 Å². The first-order valence-electron chi connectivity index (χ1n) is 5.99. The highest BCUT2D eigenvalue weighted by Gasteiger charge is 2.01. The Morgan fingerprint density at radius 1 is 1.24 bits per heavy atom. The van der Waals surface area contributed by atoms with E-state index < -0.39 is 0 Å². The second-order valence-corrected chi connectivity index (χ2v) is 3.92. The zero-order chi connectivity index (χ0) is 11.9. The summed E-state index contributed by atoms with van der Waals surface area (Å²) in [5.41, 5.74) is 1.31. The predicted molar refractivity (Wildman–Crippen MR) is 67.5 cm³/mol. The van der Waals surface area contributed by atoms with E-state index in [2.05, 4.69) is 38.9 Å². The molecule has 0 atom stereocenters.